The van der Waals surface area contributed by atoms with Crippen LogP contribution in [0.5, 0.6) is 0 Å². The van der Waals surface area contributed by atoms with Crippen molar-refractivity contribution < 1.29 is 4.79 Å². The number of benzene rings is 1. The summed E-state index contributed by atoms with van der Waals surface area (Å²) in [4.78, 5) is 31.6. The fourth-order valence-corrected chi connectivity index (χ4v) is 5.29. The van der Waals surface area contributed by atoms with Crippen LogP contribution < -0.4 is 10.9 Å². The molecule has 1 aliphatic heterocycles. The minimum Gasteiger partial charge on any atom is -0.377 e. The number of allylic oxidation sites excluding steroid dienone is 4. The van der Waals surface area contributed by atoms with Crippen LogP contribution in [0.15, 0.2) is 64.2 Å². The number of nitrogens with one attached hydrogen (secondary N) is 1. The summed E-state index contributed by atoms with van der Waals surface area (Å²) >= 11 is 6.58. The molecule has 32 heavy (non-hydrogen) atoms. The number of hydrogen-bond donors (Lipinski definition) is 1. The van der Waals surface area contributed by atoms with Crippen LogP contribution in [0.4, 0.5) is 5.69 Å². The van der Waals surface area contributed by atoms with Gasteiger partial charge in [-0.3, -0.25) is 9.59 Å². The van der Waals surface area contributed by atoms with E-state index in [0.29, 0.717) is 24.0 Å². The standard InChI is InChI=1S/C25H29ClN4O2/c1-5-7-22(31)30-13-12-25(15-30,24(3)11-6-8-20(26)17(24)2)28-18-9-10-21-19(14-18)23(32)29(4)16-27-21/h5-10,14,16,28H,11-13,15H2,1-4H3/b7-5+/t24?,25-/m0/s1. The fraction of sp³-hybridized carbons (Fsp3) is 0.400. The largest absolute Gasteiger partial charge is 0.377 e. The Morgan fingerprint density at radius 2 is 2.12 bits per heavy atom. The fourth-order valence-electron chi connectivity index (χ4n) is 5.00. The number of halogens is 1. The van der Waals surface area contributed by atoms with Gasteiger partial charge >= 0.3 is 0 Å². The van der Waals surface area contributed by atoms with Crippen LogP contribution >= 0.6 is 11.6 Å². The lowest BCUT2D eigenvalue weighted by Gasteiger charge is -2.49. The van der Waals surface area contributed by atoms with Crippen molar-refractivity contribution in [2.45, 2.75) is 39.2 Å². The molecule has 1 fully saturated rings. The summed E-state index contributed by atoms with van der Waals surface area (Å²) in [6.07, 6.45) is 10.6. The molecule has 1 aromatic carbocycles. The molecular weight excluding hydrogens is 424 g/mol. The van der Waals surface area contributed by atoms with Gasteiger partial charge in [0.15, 0.2) is 0 Å². The highest BCUT2D eigenvalue weighted by atomic mass is 35.5. The zero-order valence-corrected chi connectivity index (χ0v) is 19.7. The van der Waals surface area contributed by atoms with Crippen molar-refractivity contribution in [1.29, 1.82) is 0 Å². The molecule has 1 amide bonds. The molecule has 1 N–H and O–H groups in total. The smallest absolute Gasteiger partial charge is 0.260 e. The third-order valence-electron chi connectivity index (χ3n) is 7.22. The molecule has 1 unspecified atom stereocenters. The van der Waals surface area contributed by atoms with Crippen LogP contribution in [0, 0.1) is 5.41 Å². The molecule has 4 rings (SSSR count). The Morgan fingerprint density at radius 3 is 2.88 bits per heavy atom. The highest BCUT2D eigenvalue weighted by Crippen LogP contribution is 2.51. The summed E-state index contributed by atoms with van der Waals surface area (Å²) in [7, 11) is 1.70. The lowest BCUT2D eigenvalue weighted by atomic mass is 9.62. The zero-order valence-electron chi connectivity index (χ0n) is 19.0. The Kier molecular flexibility index (Phi) is 5.76. The van der Waals surface area contributed by atoms with E-state index in [4.69, 9.17) is 11.6 Å². The molecule has 0 bridgehead atoms. The first-order valence-electron chi connectivity index (χ1n) is 10.9. The van der Waals surface area contributed by atoms with Crippen LogP contribution in [-0.4, -0.2) is 39.0 Å². The SMILES string of the molecule is C/C=C/C(=O)N1CC[C@@](Nc2ccc3ncn(C)c(=O)c3c2)(C2(C)CC=CC(Cl)=C2C)C1. The van der Waals surface area contributed by atoms with Gasteiger partial charge in [0.2, 0.25) is 5.91 Å². The Bertz CT molecular complexity index is 1230. The van der Waals surface area contributed by atoms with Crippen LogP contribution in [0.2, 0.25) is 0 Å². The first-order valence-corrected chi connectivity index (χ1v) is 11.3. The van der Waals surface area contributed by atoms with Gasteiger partial charge in [-0.1, -0.05) is 30.7 Å². The van der Waals surface area contributed by atoms with E-state index < -0.39 is 5.54 Å². The van der Waals surface area contributed by atoms with Gasteiger partial charge in [0.05, 0.1) is 22.8 Å². The minimum absolute atomic E-state index is 0.00966. The molecule has 1 aromatic heterocycles. The third-order valence-corrected chi connectivity index (χ3v) is 7.63. The average molecular weight is 453 g/mol. The predicted molar refractivity (Wildman–Crippen MR) is 130 cm³/mol. The molecule has 0 saturated carbocycles. The molecule has 6 nitrogen and oxygen atoms in total. The van der Waals surface area contributed by atoms with Crippen molar-refractivity contribution in [2.75, 3.05) is 18.4 Å². The molecule has 2 atom stereocenters. The maximum atomic E-state index is 12.7. The van der Waals surface area contributed by atoms with Crippen LogP contribution in [-0.2, 0) is 11.8 Å². The third kappa shape index (κ3) is 3.56. The second kappa shape index (κ2) is 8.24. The van der Waals surface area contributed by atoms with Gasteiger partial charge in [-0.25, -0.2) is 4.98 Å². The molecule has 1 saturated heterocycles. The highest BCUT2D eigenvalue weighted by Gasteiger charge is 2.54. The molecule has 2 aliphatic rings. The number of nitrogens with zero attached hydrogens (tertiary/aromatic N) is 3. The van der Waals surface area contributed by atoms with Crippen LogP contribution in [0.3, 0.4) is 0 Å². The van der Waals surface area contributed by atoms with Gasteiger partial charge < -0.3 is 14.8 Å². The zero-order chi connectivity index (χ0) is 23.1. The van der Waals surface area contributed by atoms with Crippen LogP contribution in [0.1, 0.15) is 33.6 Å². The molecule has 0 radical (unpaired) electrons. The predicted octanol–water partition coefficient (Wildman–Crippen LogP) is 4.37. The Balaban J connectivity index is 1.80. The van der Waals surface area contributed by atoms with E-state index in [1.165, 1.54) is 10.9 Å². The van der Waals surface area contributed by atoms with Crippen molar-refractivity contribution >= 4 is 34.1 Å². The van der Waals surface area contributed by atoms with E-state index >= 15 is 0 Å². The number of fused-ring (bicyclic) bond motifs is 1. The van der Waals surface area contributed by atoms with Crippen molar-refractivity contribution in [3.05, 3.63) is 69.8 Å². The number of carbonyl (C=O) groups excluding carboxylic acids is 1. The number of rotatable bonds is 4. The molecular formula is C25H29ClN4O2. The van der Waals surface area contributed by atoms with Gasteiger partial charge in [0, 0.05) is 36.3 Å². The summed E-state index contributed by atoms with van der Waals surface area (Å²) in [5.74, 6) is 0.00966. The van der Waals surface area contributed by atoms with E-state index in [1.54, 1.807) is 19.2 Å². The summed E-state index contributed by atoms with van der Waals surface area (Å²) in [6, 6.07) is 5.68. The number of aromatic nitrogens is 2. The number of aryl methyl sites for hydroxylation is 1. The monoisotopic (exact) mass is 452 g/mol. The maximum Gasteiger partial charge on any atom is 0.260 e. The maximum absolute atomic E-state index is 12.7. The number of carbonyl (C=O) groups is 1. The first-order chi connectivity index (χ1) is 15.2. The highest BCUT2D eigenvalue weighted by molar-refractivity contribution is 6.31. The van der Waals surface area contributed by atoms with Gasteiger partial charge in [-0.05, 0) is 62.6 Å². The lowest BCUT2D eigenvalue weighted by Crippen LogP contribution is -2.56. The lowest BCUT2D eigenvalue weighted by molar-refractivity contribution is -0.125. The summed E-state index contributed by atoms with van der Waals surface area (Å²) in [6.45, 7) is 7.34. The van der Waals surface area contributed by atoms with E-state index in [1.807, 2.05) is 36.1 Å². The average Bonchev–Trinajstić information content (AvgIpc) is 3.21. The van der Waals surface area contributed by atoms with Crippen molar-refractivity contribution in [1.82, 2.24) is 14.5 Å². The van der Waals surface area contributed by atoms with Gasteiger partial charge in [-0.2, -0.15) is 0 Å². The van der Waals surface area contributed by atoms with E-state index in [2.05, 4.69) is 30.2 Å². The van der Waals surface area contributed by atoms with Crippen molar-refractivity contribution in [3.8, 4) is 0 Å². The quantitative estimate of drug-likeness (QED) is 0.699. The Morgan fingerprint density at radius 1 is 1.34 bits per heavy atom. The van der Waals surface area contributed by atoms with Gasteiger partial charge in [-0.15, -0.1) is 0 Å². The number of hydrogen-bond acceptors (Lipinski definition) is 4. The molecule has 168 valence electrons. The molecule has 2 heterocycles. The number of likely N-dealkylation sites (tertiary alicyclic amines) is 1. The van der Waals surface area contributed by atoms with Crippen molar-refractivity contribution in [3.63, 3.8) is 0 Å². The van der Waals surface area contributed by atoms with E-state index in [-0.39, 0.29) is 16.9 Å². The topological polar surface area (TPSA) is 67.2 Å². The molecule has 1 aliphatic carbocycles. The Labute approximate surface area is 193 Å². The minimum atomic E-state index is -0.444. The van der Waals surface area contributed by atoms with Crippen LogP contribution in [0.25, 0.3) is 10.9 Å². The van der Waals surface area contributed by atoms with Crippen molar-refractivity contribution in [2.24, 2.45) is 12.5 Å². The molecule has 0 spiro atoms. The second-order valence-electron chi connectivity index (χ2n) is 9.02. The summed E-state index contributed by atoms with van der Waals surface area (Å²) in [5.41, 5.74) is 1.76. The van der Waals surface area contributed by atoms with E-state index in [0.717, 1.165) is 29.1 Å². The summed E-state index contributed by atoms with van der Waals surface area (Å²) < 4.78 is 1.48. The second-order valence-corrected chi connectivity index (χ2v) is 9.43. The van der Waals surface area contributed by atoms with Gasteiger partial charge in [0.25, 0.3) is 5.56 Å². The van der Waals surface area contributed by atoms with Gasteiger partial charge in [0.1, 0.15) is 0 Å². The first kappa shape index (κ1) is 22.3. The molecule has 2 aromatic rings. The molecule has 7 heteroatoms. The number of anilines is 1. The normalized spacial score (nSPS) is 25.8. The Hall–Kier alpha value is -2.86. The number of amides is 1. The van der Waals surface area contributed by atoms with E-state index in [9.17, 15) is 9.59 Å². The summed E-state index contributed by atoms with van der Waals surface area (Å²) in [5, 5.41) is 5.07.